The van der Waals surface area contributed by atoms with Gasteiger partial charge >= 0.3 is 0 Å². The predicted molar refractivity (Wildman–Crippen MR) is 77.5 cm³/mol. The molecular weight excluding hydrogens is 244 g/mol. The standard InChI is InChI=1S/C14H16N2OS/c1-2-8-15-12-5-3-11(4-6-12)14(17)16-13-7-9-18-10-13/h3-7,9-10,15H,2,8H2,1H3,(H,16,17). The quantitative estimate of drug-likeness (QED) is 0.858. The average molecular weight is 260 g/mol. The Balaban J connectivity index is 1.98. The predicted octanol–water partition coefficient (Wildman–Crippen LogP) is 3.82. The van der Waals surface area contributed by atoms with E-state index in [1.807, 2.05) is 41.1 Å². The molecule has 1 aromatic heterocycles. The molecule has 0 atom stereocenters. The fraction of sp³-hybridized carbons (Fsp3) is 0.214. The van der Waals surface area contributed by atoms with Gasteiger partial charge in [0.2, 0.25) is 0 Å². The molecule has 3 nitrogen and oxygen atoms in total. The van der Waals surface area contributed by atoms with Crippen molar-refractivity contribution in [3.8, 4) is 0 Å². The zero-order chi connectivity index (χ0) is 12.8. The van der Waals surface area contributed by atoms with Crippen molar-refractivity contribution in [2.45, 2.75) is 13.3 Å². The monoisotopic (exact) mass is 260 g/mol. The van der Waals surface area contributed by atoms with Crippen molar-refractivity contribution < 1.29 is 4.79 Å². The van der Waals surface area contributed by atoms with Gasteiger partial charge in [-0.05, 0) is 42.1 Å². The summed E-state index contributed by atoms with van der Waals surface area (Å²) in [6, 6.07) is 9.41. The summed E-state index contributed by atoms with van der Waals surface area (Å²) in [6.45, 7) is 3.07. The van der Waals surface area contributed by atoms with Gasteiger partial charge < -0.3 is 10.6 Å². The normalized spacial score (nSPS) is 10.1. The van der Waals surface area contributed by atoms with Gasteiger partial charge in [0.1, 0.15) is 0 Å². The minimum atomic E-state index is -0.0737. The number of rotatable bonds is 5. The molecule has 1 aromatic carbocycles. The molecule has 0 spiro atoms. The van der Waals surface area contributed by atoms with Crippen LogP contribution >= 0.6 is 11.3 Å². The van der Waals surface area contributed by atoms with Gasteiger partial charge in [0.25, 0.3) is 5.91 Å². The first-order valence-electron chi connectivity index (χ1n) is 5.97. The fourth-order valence-corrected chi connectivity index (χ4v) is 2.14. The summed E-state index contributed by atoms with van der Waals surface area (Å²) in [7, 11) is 0. The Hall–Kier alpha value is -1.81. The minimum Gasteiger partial charge on any atom is -0.385 e. The number of thiophene rings is 1. The van der Waals surface area contributed by atoms with Gasteiger partial charge in [0.05, 0.1) is 5.69 Å². The van der Waals surface area contributed by atoms with Crippen molar-refractivity contribution >= 4 is 28.6 Å². The van der Waals surface area contributed by atoms with Crippen LogP contribution in [0.4, 0.5) is 11.4 Å². The van der Waals surface area contributed by atoms with Crippen molar-refractivity contribution in [2.75, 3.05) is 17.2 Å². The van der Waals surface area contributed by atoms with Crippen LogP contribution in [0, 0.1) is 0 Å². The third-order valence-corrected chi connectivity index (χ3v) is 3.19. The van der Waals surface area contributed by atoms with Crippen LogP contribution < -0.4 is 10.6 Å². The Kier molecular flexibility index (Phi) is 4.36. The molecular formula is C14H16N2OS. The molecule has 2 N–H and O–H groups in total. The van der Waals surface area contributed by atoms with E-state index in [1.165, 1.54) is 0 Å². The first-order valence-corrected chi connectivity index (χ1v) is 6.91. The Morgan fingerprint density at radius 3 is 2.56 bits per heavy atom. The lowest BCUT2D eigenvalue weighted by Crippen LogP contribution is -2.11. The molecule has 0 saturated carbocycles. The van der Waals surface area contributed by atoms with Crippen molar-refractivity contribution in [3.63, 3.8) is 0 Å². The van der Waals surface area contributed by atoms with Crippen LogP contribution in [-0.2, 0) is 0 Å². The molecule has 0 aliphatic rings. The molecule has 2 aromatic rings. The lowest BCUT2D eigenvalue weighted by molar-refractivity contribution is 0.102. The summed E-state index contributed by atoms with van der Waals surface area (Å²) in [4.78, 5) is 11.9. The fourth-order valence-electron chi connectivity index (χ4n) is 1.55. The number of anilines is 2. The second kappa shape index (κ2) is 6.21. The Bertz CT molecular complexity index is 491. The smallest absolute Gasteiger partial charge is 0.255 e. The minimum absolute atomic E-state index is 0.0737. The van der Waals surface area contributed by atoms with E-state index >= 15 is 0 Å². The molecule has 0 saturated heterocycles. The maximum absolute atomic E-state index is 11.9. The van der Waals surface area contributed by atoms with Gasteiger partial charge in [-0.2, -0.15) is 11.3 Å². The van der Waals surface area contributed by atoms with E-state index in [2.05, 4.69) is 17.6 Å². The molecule has 0 aliphatic carbocycles. The number of carbonyl (C=O) groups is 1. The summed E-state index contributed by atoms with van der Waals surface area (Å²) in [5, 5.41) is 9.98. The summed E-state index contributed by atoms with van der Waals surface area (Å²) >= 11 is 1.56. The van der Waals surface area contributed by atoms with Crippen LogP contribution in [-0.4, -0.2) is 12.5 Å². The average Bonchev–Trinajstić information content (AvgIpc) is 2.89. The lowest BCUT2D eigenvalue weighted by Gasteiger charge is -2.06. The Morgan fingerprint density at radius 1 is 1.17 bits per heavy atom. The molecule has 0 fully saturated rings. The van der Waals surface area contributed by atoms with Gasteiger partial charge in [0, 0.05) is 23.2 Å². The summed E-state index contributed by atoms with van der Waals surface area (Å²) in [6.07, 6.45) is 1.08. The molecule has 4 heteroatoms. The molecule has 1 amide bonds. The maximum atomic E-state index is 11.9. The Labute approximate surface area is 111 Å². The van der Waals surface area contributed by atoms with E-state index in [1.54, 1.807) is 11.3 Å². The zero-order valence-electron chi connectivity index (χ0n) is 10.3. The molecule has 1 heterocycles. The van der Waals surface area contributed by atoms with E-state index in [0.717, 1.165) is 24.3 Å². The van der Waals surface area contributed by atoms with E-state index in [-0.39, 0.29) is 5.91 Å². The summed E-state index contributed by atoms with van der Waals surface area (Å²) in [5.74, 6) is -0.0737. The van der Waals surface area contributed by atoms with E-state index in [0.29, 0.717) is 5.56 Å². The highest BCUT2D eigenvalue weighted by atomic mass is 32.1. The highest BCUT2D eigenvalue weighted by Crippen LogP contribution is 2.15. The molecule has 0 aliphatic heterocycles. The topological polar surface area (TPSA) is 41.1 Å². The summed E-state index contributed by atoms with van der Waals surface area (Å²) < 4.78 is 0. The first kappa shape index (κ1) is 12.6. The zero-order valence-corrected chi connectivity index (χ0v) is 11.1. The van der Waals surface area contributed by atoms with Crippen molar-refractivity contribution in [1.82, 2.24) is 0 Å². The van der Waals surface area contributed by atoms with Crippen LogP contribution in [0.3, 0.4) is 0 Å². The summed E-state index contributed by atoms with van der Waals surface area (Å²) in [5.41, 5.74) is 2.56. The van der Waals surface area contributed by atoms with Crippen LogP contribution in [0.25, 0.3) is 0 Å². The van der Waals surface area contributed by atoms with Crippen molar-refractivity contribution in [1.29, 1.82) is 0 Å². The number of carbonyl (C=O) groups excluding carboxylic acids is 1. The molecule has 0 bridgehead atoms. The number of hydrogen-bond donors (Lipinski definition) is 2. The highest BCUT2D eigenvalue weighted by Gasteiger charge is 2.05. The number of amides is 1. The van der Waals surface area contributed by atoms with Crippen LogP contribution in [0.2, 0.25) is 0 Å². The Morgan fingerprint density at radius 2 is 1.94 bits per heavy atom. The number of benzene rings is 1. The SMILES string of the molecule is CCCNc1ccc(C(=O)Nc2ccsc2)cc1. The third kappa shape index (κ3) is 3.34. The van der Waals surface area contributed by atoms with Crippen LogP contribution in [0.1, 0.15) is 23.7 Å². The van der Waals surface area contributed by atoms with E-state index in [9.17, 15) is 4.79 Å². The van der Waals surface area contributed by atoms with Crippen molar-refractivity contribution in [3.05, 3.63) is 46.7 Å². The molecule has 0 unspecified atom stereocenters. The number of nitrogens with one attached hydrogen (secondary N) is 2. The van der Waals surface area contributed by atoms with E-state index in [4.69, 9.17) is 0 Å². The van der Waals surface area contributed by atoms with Gasteiger partial charge in [-0.25, -0.2) is 0 Å². The highest BCUT2D eigenvalue weighted by molar-refractivity contribution is 7.08. The molecule has 2 rings (SSSR count). The molecule has 94 valence electrons. The largest absolute Gasteiger partial charge is 0.385 e. The lowest BCUT2D eigenvalue weighted by atomic mass is 10.2. The second-order valence-electron chi connectivity index (χ2n) is 3.97. The van der Waals surface area contributed by atoms with Crippen molar-refractivity contribution in [2.24, 2.45) is 0 Å². The van der Waals surface area contributed by atoms with Gasteiger partial charge in [-0.3, -0.25) is 4.79 Å². The number of hydrogen-bond acceptors (Lipinski definition) is 3. The van der Waals surface area contributed by atoms with Gasteiger partial charge in [-0.15, -0.1) is 0 Å². The van der Waals surface area contributed by atoms with Gasteiger partial charge in [0.15, 0.2) is 0 Å². The van der Waals surface area contributed by atoms with Gasteiger partial charge in [-0.1, -0.05) is 6.92 Å². The molecule has 0 radical (unpaired) electrons. The van der Waals surface area contributed by atoms with E-state index < -0.39 is 0 Å². The molecule has 18 heavy (non-hydrogen) atoms. The van der Waals surface area contributed by atoms with Crippen LogP contribution in [0.5, 0.6) is 0 Å². The first-order chi connectivity index (χ1) is 8.79. The third-order valence-electron chi connectivity index (χ3n) is 2.51. The van der Waals surface area contributed by atoms with Crippen LogP contribution in [0.15, 0.2) is 41.1 Å². The maximum Gasteiger partial charge on any atom is 0.255 e. The second-order valence-corrected chi connectivity index (χ2v) is 4.75.